The molecule has 0 aliphatic rings. The van der Waals surface area contributed by atoms with E-state index < -0.39 is 0 Å². The highest BCUT2D eigenvalue weighted by atomic mass is 16.3. The maximum atomic E-state index is 11.8. The summed E-state index contributed by atoms with van der Waals surface area (Å²) in [6.07, 6.45) is 0. The Bertz CT molecular complexity index is 363. The van der Waals surface area contributed by atoms with Crippen LogP contribution in [0.2, 0.25) is 0 Å². The first kappa shape index (κ1) is 13.5. The number of benzene rings is 1. The highest BCUT2D eigenvalue weighted by Crippen LogP contribution is 2.13. The normalized spacial score (nSPS) is 10.1. The summed E-state index contributed by atoms with van der Waals surface area (Å²) in [5.41, 5.74) is 1.70. The lowest BCUT2D eigenvalue weighted by Crippen LogP contribution is -2.39. The van der Waals surface area contributed by atoms with Crippen LogP contribution in [0.25, 0.3) is 0 Å². The molecular formula is C12H18N2O3. The zero-order valence-corrected chi connectivity index (χ0v) is 9.89. The molecule has 5 heteroatoms. The molecule has 1 aromatic carbocycles. The Labute approximate surface area is 101 Å². The fraction of sp³-hybridized carbons (Fsp3) is 0.417. The van der Waals surface area contributed by atoms with Gasteiger partial charge < -0.3 is 20.4 Å². The number of para-hydroxylation sites is 1. The third-order valence-electron chi connectivity index (χ3n) is 2.41. The first-order chi connectivity index (χ1) is 8.19. The summed E-state index contributed by atoms with van der Waals surface area (Å²) in [6, 6.07) is 7.12. The van der Waals surface area contributed by atoms with Gasteiger partial charge in [0, 0.05) is 18.8 Å². The summed E-state index contributed by atoms with van der Waals surface area (Å²) >= 11 is 0. The largest absolute Gasteiger partial charge is 0.395 e. The molecule has 0 bridgehead atoms. The maximum absolute atomic E-state index is 11.8. The minimum Gasteiger partial charge on any atom is -0.395 e. The number of anilines is 1. The minimum atomic E-state index is -0.317. The summed E-state index contributed by atoms with van der Waals surface area (Å²) in [6.45, 7) is 2.07. The summed E-state index contributed by atoms with van der Waals surface area (Å²) in [4.78, 5) is 13.2. The molecule has 0 radical (unpaired) electrons. The van der Waals surface area contributed by atoms with E-state index in [-0.39, 0.29) is 32.3 Å². The van der Waals surface area contributed by atoms with E-state index >= 15 is 0 Å². The van der Waals surface area contributed by atoms with Gasteiger partial charge in [0.05, 0.1) is 13.2 Å². The van der Waals surface area contributed by atoms with Gasteiger partial charge in [0.1, 0.15) is 0 Å². The van der Waals surface area contributed by atoms with Crippen molar-refractivity contribution in [3.63, 3.8) is 0 Å². The smallest absolute Gasteiger partial charge is 0.322 e. The molecule has 3 N–H and O–H groups in total. The molecule has 0 spiro atoms. The predicted molar refractivity (Wildman–Crippen MR) is 65.9 cm³/mol. The number of nitrogens with zero attached hydrogens (tertiary/aromatic N) is 1. The van der Waals surface area contributed by atoms with E-state index in [1.165, 1.54) is 4.90 Å². The van der Waals surface area contributed by atoms with E-state index in [9.17, 15) is 4.79 Å². The number of amides is 2. The van der Waals surface area contributed by atoms with Crippen molar-refractivity contribution in [1.82, 2.24) is 4.90 Å². The fourth-order valence-electron chi connectivity index (χ4n) is 1.46. The van der Waals surface area contributed by atoms with Gasteiger partial charge in [-0.1, -0.05) is 18.2 Å². The zero-order chi connectivity index (χ0) is 12.7. The lowest BCUT2D eigenvalue weighted by molar-refractivity contribution is 0.167. The molecule has 2 amide bonds. The summed E-state index contributed by atoms with van der Waals surface area (Å²) < 4.78 is 0. The second-order valence-corrected chi connectivity index (χ2v) is 3.68. The average molecular weight is 238 g/mol. The third-order valence-corrected chi connectivity index (χ3v) is 2.41. The van der Waals surface area contributed by atoms with Crippen LogP contribution >= 0.6 is 0 Å². The Hall–Kier alpha value is -1.59. The second-order valence-electron chi connectivity index (χ2n) is 3.68. The van der Waals surface area contributed by atoms with Gasteiger partial charge >= 0.3 is 6.03 Å². The molecule has 5 nitrogen and oxygen atoms in total. The SMILES string of the molecule is Cc1ccccc1NC(=O)N(CCO)CCO. The van der Waals surface area contributed by atoms with Crippen molar-refractivity contribution in [3.8, 4) is 0 Å². The van der Waals surface area contributed by atoms with Gasteiger partial charge in [-0.3, -0.25) is 0 Å². The summed E-state index contributed by atoms with van der Waals surface area (Å²) in [5.74, 6) is 0. The zero-order valence-electron chi connectivity index (χ0n) is 9.89. The Morgan fingerprint density at radius 3 is 2.35 bits per heavy atom. The Balaban J connectivity index is 2.66. The van der Waals surface area contributed by atoms with Crippen LogP contribution in [-0.2, 0) is 0 Å². The van der Waals surface area contributed by atoms with E-state index in [0.717, 1.165) is 11.3 Å². The van der Waals surface area contributed by atoms with Crippen molar-refractivity contribution in [2.24, 2.45) is 0 Å². The number of hydrogen-bond acceptors (Lipinski definition) is 3. The van der Waals surface area contributed by atoms with Gasteiger partial charge in [-0.2, -0.15) is 0 Å². The number of aliphatic hydroxyl groups is 2. The average Bonchev–Trinajstić information content (AvgIpc) is 2.32. The summed E-state index contributed by atoms with van der Waals surface area (Å²) in [5, 5.41) is 20.4. The minimum absolute atomic E-state index is 0.124. The van der Waals surface area contributed by atoms with Crippen LogP contribution < -0.4 is 5.32 Å². The Morgan fingerprint density at radius 2 is 1.82 bits per heavy atom. The van der Waals surface area contributed by atoms with Crippen molar-refractivity contribution >= 4 is 11.7 Å². The molecule has 94 valence electrons. The molecule has 0 aromatic heterocycles. The predicted octanol–water partition coefficient (Wildman–Crippen LogP) is 0.814. The Kier molecular flexibility index (Phi) is 5.45. The molecule has 0 aliphatic heterocycles. The number of aryl methyl sites for hydroxylation is 1. The number of carbonyl (C=O) groups is 1. The first-order valence-corrected chi connectivity index (χ1v) is 5.52. The number of hydrogen-bond donors (Lipinski definition) is 3. The molecule has 0 saturated heterocycles. The lowest BCUT2D eigenvalue weighted by Gasteiger charge is -2.21. The topological polar surface area (TPSA) is 72.8 Å². The monoisotopic (exact) mass is 238 g/mol. The van der Waals surface area contributed by atoms with Crippen LogP contribution in [0.3, 0.4) is 0 Å². The number of aliphatic hydroxyl groups excluding tert-OH is 2. The van der Waals surface area contributed by atoms with Gasteiger partial charge in [0.15, 0.2) is 0 Å². The molecule has 0 atom stereocenters. The van der Waals surface area contributed by atoms with Crippen molar-refractivity contribution < 1.29 is 15.0 Å². The second kappa shape index (κ2) is 6.88. The van der Waals surface area contributed by atoms with E-state index in [2.05, 4.69) is 5.32 Å². The van der Waals surface area contributed by atoms with Gasteiger partial charge in [0.25, 0.3) is 0 Å². The van der Waals surface area contributed by atoms with Crippen LogP contribution in [-0.4, -0.2) is 47.4 Å². The van der Waals surface area contributed by atoms with Gasteiger partial charge in [-0.15, -0.1) is 0 Å². The van der Waals surface area contributed by atoms with E-state index in [1.54, 1.807) is 0 Å². The number of rotatable bonds is 5. The number of carbonyl (C=O) groups excluding carboxylic acids is 1. The number of urea groups is 1. The molecule has 1 rings (SSSR count). The van der Waals surface area contributed by atoms with Crippen molar-refractivity contribution in [2.45, 2.75) is 6.92 Å². The molecule has 0 heterocycles. The standard InChI is InChI=1S/C12H18N2O3/c1-10-4-2-3-5-11(10)13-12(17)14(6-8-15)7-9-16/h2-5,15-16H,6-9H2,1H3,(H,13,17). The van der Waals surface area contributed by atoms with Crippen molar-refractivity contribution in [3.05, 3.63) is 29.8 Å². The Morgan fingerprint density at radius 1 is 1.24 bits per heavy atom. The quantitative estimate of drug-likeness (QED) is 0.711. The van der Waals surface area contributed by atoms with Crippen molar-refractivity contribution in [2.75, 3.05) is 31.6 Å². The summed E-state index contributed by atoms with van der Waals surface area (Å²) in [7, 11) is 0. The van der Waals surface area contributed by atoms with Crippen LogP contribution in [0.1, 0.15) is 5.56 Å². The van der Waals surface area contributed by atoms with Crippen LogP contribution in [0.4, 0.5) is 10.5 Å². The first-order valence-electron chi connectivity index (χ1n) is 5.52. The van der Waals surface area contributed by atoms with Crippen LogP contribution in [0.15, 0.2) is 24.3 Å². The van der Waals surface area contributed by atoms with Gasteiger partial charge in [-0.05, 0) is 18.6 Å². The maximum Gasteiger partial charge on any atom is 0.322 e. The molecule has 0 aliphatic carbocycles. The fourth-order valence-corrected chi connectivity index (χ4v) is 1.46. The molecular weight excluding hydrogens is 220 g/mol. The van der Waals surface area contributed by atoms with Crippen LogP contribution in [0, 0.1) is 6.92 Å². The highest BCUT2D eigenvalue weighted by Gasteiger charge is 2.12. The molecule has 17 heavy (non-hydrogen) atoms. The molecule has 0 fully saturated rings. The molecule has 0 saturated carbocycles. The lowest BCUT2D eigenvalue weighted by atomic mass is 10.2. The third kappa shape index (κ3) is 4.05. The molecule has 1 aromatic rings. The number of nitrogens with one attached hydrogen (secondary N) is 1. The van der Waals surface area contributed by atoms with Crippen LogP contribution in [0.5, 0.6) is 0 Å². The van der Waals surface area contributed by atoms with Crippen molar-refractivity contribution in [1.29, 1.82) is 0 Å². The van der Waals surface area contributed by atoms with E-state index in [0.29, 0.717) is 0 Å². The van der Waals surface area contributed by atoms with E-state index in [4.69, 9.17) is 10.2 Å². The van der Waals surface area contributed by atoms with E-state index in [1.807, 2.05) is 31.2 Å². The molecule has 0 unspecified atom stereocenters. The van der Waals surface area contributed by atoms with Gasteiger partial charge in [-0.25, -0.2) is 4.79 Å². The highest BCUT2D eigenvalue weighted by molar-refractivity contribution is 5.90. The van der Waals surface area contributed by atoms with Gasteiger partial charge in [0.2, 0.25) is 0 Å².